The highest BCUT2D eigenvalue weighted by atomic mass is 16.5. The summed E-state index contributed by atoms with van der Waals surface area (Å²) in [6.45, 7) is 6.19. The van der Waals surface area contributed by atoms with E-state index in [4.69, 9.17) is 9.72 Å². The van der Waals surface area contributed by atoms with Crippen molar-refractivity contribution in [1.82, 2.24) is 14.9 Å². The molecule has 3 heterocycles. The first kappa shape index (κ1) is 25.8. The third-order valence-electron chi connectivity index (χ3n) is 7.83. The van der Waals surface area contributed by atoms with Gasteiger partial charge in [-0.05, 0) is 103 Å². The molecule has 0 bridgehead atoms. The molecule has 0 unspecified atom stereocenters. The Kier molecular flexibility index (Phi) is 7.60. The summed E-state index contributed by atoms with van der Waals surface area (Å²) in [4.78, 5) is 23.0. The summed E-state index contributed by atoms with van der Waals surface area (Å²) in [5.41, 5.74) is 4.98. The van der Waals surface area contributed by atoms with E-state index in [1.807, 2.05) is 66.7 Å². The first-order valence-electron chi connectivity index (χ1n) is 14.1. The molecule has 0 amide bonds. The Bertz CT molecular complexity index is 1620. The highest BCUT2D eigenvalue weighted by Gasteiger charge is 2.19. The molecule has 0 radical (unpaired) electrons. The van der Waals surface area contributed by atoms with Crippen molar-refractivity contribution in [3.05, 3.63) is 119 Å². The molecular weight excluding hydrogens is 496 g/mol. The lowest BCUT2D eigenvalue weighted by Crippen LogP contribution is -2.32. The minimum atomic E-state index is -0.164. The Labute approximate surface area is 234 Å². The number of fused-ring (bicyclic) bond motifs is 1. The molecule has 1 saturated heterocycles. The van der Waals surface area contributed by atoms with Crippen LogP contribution >= 0.6 is 0 Å². The van der Waals surface area contributed by atoms with Crippen molar-refractivity contribution in [3.63, 3.8) is 0 Å². The van der Waals surface area contributed by atoms with Gasteiger partial charge in [-0.2, -0.15) is 0 Å². The number of hydrogen-bond acceptors (Lipinski definition) is 5. The van der Waals surface area contributed by atoms with E-state index in [0.717, 1.165) is 53.3 Å². The molecule has 6 nitrogen and oxygen atoms in total. The molecule has 1 aliphatic rings. The van der Waals surface area contributed by atoms with Gasteiger partial charge in [0, 0.05) is 17.4 Å². The lowest BCUT2D eigenvalue weighted by molar-refractivity contribution is 0.222. The number of hydrogen-bond donors (Lipinski definition) is 2. The average molecular weight is 531 g/mol. The van der Waals surface area contributed by atoms with E-state index in [1.54, 1.807) is 6.20 Å². The van der Waals surface area contributed by atoms with Crippen molar-refractivity contribution >= 4 is 22.3 Å². The average Bonchev–Trinajstić information content (AvgIpc) is 3.01. The number of benzene rings is 3. The van der Waals surface area contributed by atoms with Crippen LogP contribution in [0.4, 0.5) is 11.5 Å². The summed E-state index contributed by atoms with van der Waals surface area (Å²) < 4.78 is 5.96. The highest BCUT2D eigenvalue weighted by molar-refractivity contribution is 5.95. The number of piperidine rings is 1. The van der Waals surface area contributed by atoms with E-state index < -0.39 is 0 Å². The fourth-order valence-corrected chi connectivity index (χ4v) is 5.47. The summed E-state index contributed by atoms with van der Waals surface area (Å²) in [6, 6.07) is 30.5. The zero-order valence-corrected chi connectivity index (χ0v) is 22.8. The molecule has 0 atom stereocenters. The number of anilines is 2. The summed E-state index contributed by atoms with van der Waals surface area (Å²) >= 11 is 0. The molecule has 2 aromatic heterocycles. The van der Waals surface area contributed by atoms with Crippen LogP contribution in [0.2, 0.25) is 0 Å². The summed E-state index contributed by atoms with van der Waals surface area (Å²) in [5.74, 6) is 1.94. The van der Waals surface area contributed by atoms with Gasteiger partial charge in [0.2, 0.25) is 0 Å². The Morgan fingerprint density at radius 2 is 1.70 bits per heavy atom. The van der Waals surface area contributed by atoms with Crippen molar-refractivity contribution in [2.24, 2.45) is 0 Å². The zero-order chi connectivity index (χ0) is 27.3. The van der Waals surface area contributed by atoms with Crippen LogP contribution in [0.1, 0.15) is 36.8 Å². The SMILES string of the molecule is CCN1CCC(c2ccc(Nc3nc(-c4ccc(OCc5ccccc5)cc4)cc4cc[nH]c(=O)c34)cc2)CC1. The number of likely N-dealkylation sites (tertiary alicyclic amines) is 1. The quantitative estimate of drug-likeness (QED) is 0.224. The van der Waals surface area contributed by atoms with Gasteiger partial charge >= 0.3 is 0 Å². The van der Waals surface area contributed by atoms with E-state index in [2.05, 4.69) is 46.4 Å². The molecule has 0 saturated carbocycles. The van der Waals surface area contributed by atoms with Crippen LogP contribution in [0.25, 0.3) is 22.0 Å². The van der Waals surface area contributed by atoms with Gasteiger partial charge in [0.1, 0.15) is 18.2 Å². The van der Waals surface area contributed by atoms with Gasteiger partial charge in [0.15, 0.2) is 0 Å². The molecule has 2 N–H and O–H groups in total. The lowest BCUT2D eigenvalue weighted by Gasteiger charge is -2.31. The van der Waals surface area contributed by atoms with E-state index in [9.17, 15) is 4.79 Å². The second-order valence-electron chi connectivity index (χ2n) is 10.4. The van der Waals surface area contributed by atoms with Crippen LogP contribution in [0.15, 0.2) is 102 Å². The van der Waals surface area contributed by atoms with Crippen molar-refractivity contribution < 1.29 is 4.74 Å². The van der Waals surface area contributed by atoms with Gasteiger partial charge in [0.05, 0.1) is 11.1 Å². The molecule has 6 heteroatoms. The summed E-state index contributed by atoms with van der Waals surface area (Å²) in [7, 11) is 0. The van der Waals surface area contributed by atoms with Crippen LogP contribution in [-0.4, -0.2) is 34.5 Å². The standard InChI is InChI=1S/C34H34N4O2/c1-2-38-20-17-26(18-21-38)25-8-12-29(13-9-25)36-33-32-28(16-19-35-34(32)39)22-31(37-33)27-10-14-30(15-11-27)40-23-24-6-4-3-5-7-24/h3-16,19,22,26H,2,17-18,20-21,23H2,1H3,(H,35,39)(H,36,37). The first-order chi connectivity index (χ1) is 19.7. The maximum Gasteiger partial charge on any atom is 0.259 e. The van der Waals surface area contributed by atoms with E-state index in [1.165, 1.54) is 18.4 Å². The van der Waals surface area contributed by atoms with Crippen LogP contribution in [-0.2, 0) is 6.61 Å². The van der Waals surface area contributed by atoms with Crippen LogP contribution in [0.5, 0.6) is 5.75 Å². The molecule has 3 aromatic carbocycles. The van der Waals surface area contributed by atoms with Crippen LogP contribution in [0.3, 0.4) is 0 Å². The monoisotopic (exact) mass is 530 g/mol. The van der Waals surface area contributed by atoms with Gasteiger partial charge in [-0.15, -0.1) is 0 Å². The second kappa shape index (κ2) is 11.8. The van der Waals surface area contributed by atoms with Gasteiger partial charge in [-0.3, -0.25) is 4.79 Å². The van der Waals surface area contributed by atoms with Crippen LogP contribution < -0.4 is 15.6 Å². The number of ether oxygens (including phenoxy) is 1. The normalized spacial score (nSPS) is 14.3. The molecule has 202 valence electrons. The van der Waals surface area contributed by atoms with E-state index in [0.29, 0.717) is 23.7 Å². The fraction of sp³-hybridized carbons (Fsp3) is 0.235. The third-order valence-corrected chi connectivity index (χ3v) is 7.83. The number of aromatic nitrogens is 2. The Morgan fingerprint density at radius 1 is 0.950 bits per heavy atom. The number of aromatic amines is 1. The highest BCUT2D eigenvalue weighted by Crippen LogP contribution is 2.31. The van der Waals surface area contributed by atoms with Crippen LogP contribution in [0, 0.1) is 0 Å². The molecular formula is C34H34N4O2. The molecule has 0 aliphatic carbocycles. The number of H-pyrrole nitrogens is 1. The molecule has 0 spiro atoms. The maximum atomic E-state index is 12.8. The number of nitrogens with one attached hydrogen (secondary N) is 2. The largest absolute Gasteiger partial charge is 0.489 e. The fourth-order valence-electron chi connectivity index (χ4n) is 5.47. The van der Waals surface area contributed by atoms with Gasteiger partial charge in [-0.1, -0.05) is 49.4 Å². The predicted molar refractivity (Wildman–Crippen MR) is 162 cm³/mol. The summed E-state index contributed by atoms with van der Waals surface area (Å²) in [5, 5.41) is 4.81. The third kappa shape index (κ3) is 5.77. The van der Waals surface area contributed by atoms with Gasteiger partial charge in [0.25, 0.3) is 5.56 Å². The molecule has 5 aromatic rings. The van der Waals surface area contributed by atoms with Crippen molar-refractivity contribution in [2.45, 2.75) is 32.3 Å². The van der Waals surface area contributed by atoms with Gasteiger partial charge in [-0.25, -0.2) is 4.98 Å². The smallest absolute Gasteiger partial charge is 0.259 e. The molecule has 6 rings (SSSR count). The predicted octanol–water partition coefficient (Wildman–Crippen LogP) is 7.11. The summed E-state index contributed by atoms with van der Waals surface area (Å²) in [6.07, 6.45) is 4.07. The minimum Gasteiger partial charge on any atom is -0.489 e. The van der Waals surface area contributed by atoms with E-state index >= 15 is 0 Å². The lowest BCUT2D eigenvalue weighted by atomic mass is 9.89. The second-order valence-corrected chi connectivity index (χ2v) is 10.4. The van der Waals surface area contributed by atoms with Gasteiger partial charge < -0.3 is 19.9 Å². The molecule has 1 fully saturated rings. The van der Waals surface area contributed by atoms with Crippen molar-refractivity contribution in [2.75, 3.05) is 25.0 Å². The minimum absolute atomic E-state index is 0.164. The maximum absolute atomic E-state index is 12.8. The number of nitrogens with zero attached hydrogens (tertiary/aromatic N) is 2. The van der Waals surface area contributed by atoms with E-state index in [-0.39, 0.29) is 5.56 Å². The Hall–Kier alpha value is -4.42. The molecule has 40 heavy (non-hydrogen) atoms. The molecule has 1 aliphatic heterocycles. The van der Waals surface area contributed by atoms with Crippen molar-refractivity contribution in [1.29, 1.82) is 0 Å². The number of pyridine rings is 2. The topological polar surface area (TPSA) is 70.2 Å². The Balaban J connectivity index is 1.23. The van der Waals surface area contributed by atoms with Crippen molar-refractivity contribution in [3.8, 4) is 17.0 Å². The first-order valence-corrected chi connectivity index (χ1v) is 14.1. The zero-order valence-electron chi connectivity index (χ0n) is 22.8. The number of rotatable bonds is 8. The Morgan fingerprint density at radius 3 is 2.42 bits per heavy atom.